The largest absolute Gasteiger partial charge is 0.496 e. The van der Waals surface area contributed by atoms with Crippen LogP contribution in [0, 0.1) is 13.8 Å². The van der Waals surface area contributed by atoms with Crippen molar-refractivity contribution >= 4 is 15.9 Å². The third-order valence-electron chi connectivity index (χ3n) is 2.39. The number of methoxy groups -OCH3 is 1. The summed E-state index contributed by atoms with van der Waals surface area (Å²) in [6.45, 7) is 3.85. The van der Waals surface area contributed by atoms with E-state index >= 15 is 0 Å². The molecule has 0 saturated carbocycles. The maximum atomic E-state index is 9.11. The van der Waals surface area contributed by atoms with Crippen molar-refractivity contribution < 1.29 is 9.84 Å². The molecule has 0 bridgehead atoms. The molecule has 1 aromatic carbocycles. The molecular formula is C11H16BrNO2. The summed E-state index contributed by atoms with van der Waals surface area (Å²) in [4.78, 5) is 0. The maximum absolute atomic E-state index is 9.11. The van der Waals surface area contributed by atoms with Crippen molar-refractivity contribution in [1.29, 1.82) is 0 Å². The lowest BCUT2D eigenvalue weighted by atomic mass is 10.0. The van der Waals surface area contributed by atoms with Crippen LogP contribution in [0.3, 0.4) is 0 Å². The predicted octanol–water partition coefficient (Wildman–Crippen LogP) is 2.07. The van der Waals surface area contributed by atoms with Crippen molar-refractivity contribution in [1.82, 2.24) is 0 Å². The van der Waals surface area contributed by atoms with Crippen molar-refractivity contribution in [2.24, 2.45) is 5.73 Å². The van der Waals surface area contributed by atoms with Gasteiger partial charge < -0.3 is 15.6 Å². The van der Waals surface area contributed by atoms with Gasteiger partial charge >= 0.3 is 0 Å². The van der Waals surface area contributed by atoms with E-state index in [1.165, 1.54) is 0 Å². The fourth-order valence-corrected chi connectivity index (χ4v) is 2.26. The molecule has 4 heteroatoms. The standard InChI is InChI=1S/C11H16BrNO2/c1-6-4-7(2)11(15-3)9(10(6)12)8(13)5-14/h4,8,14H,5,13H2,1-3H3. The minimum Gasteiger partial charge on any atom is -0.496 e. The van der Waals surface area contributed by atoms with Crippen LogP contribution in [0.25, 0.3) is 0 Å². The van der Waals surface area contributed by atoms with E-state index in [1.807, 2.05) is 19.9 Å². The number of benzene rings is 1. The summed E-state index contributed by atoms with van der Waals surface area (Å²) in [6, 6.07) is 1.60. The molecule has 3 N–H and O–H groups in total. The Morgan fingerprint density at radius 2 is 2.07 bits per heavy atom. The molecule has 0 aliphatic heterocycles. The topological polar surface area (TPSA) is 55.5 Å². The third-order valence-corrected chi connectivity index (χ3v) is 3.44. The molecule has 3 nitrogen and oxygen atoms in total. The van der Waals surface area contributed by atoms with E-state index in [0.717, 1.165) is 26.9 Å². The second kappa shape index (κ2) is 4.96. The first-order valence-electron chi connectivity index (χ1n) is 4.73. The number of aryl methyl sites for hydroxylation is 2. The third kappa shape index (κ3) is 2.33. The van der Waals surface area contributed by atoms with Gasteiger partial charge in [-0.05, 0) is 25.0 Å². The average Bonchev–Trinajstić information content (AvgIpc) is 2.21. The van der Waals surface area contributed by atoms with Gasteiger partial charge in [-0.1, -0.05) is 22.0 Å². The van der Waals surface area contributed by atoms with Crippen LogP contribution < -0.4 is 10.5 Å². The summed E-state index contributed by atoms with van der Waals surface area (Å²) in [6.07, 6.45) is 0. The highest BCUT2D eigenvalue weighted by Crippen LogP contribution is 2.36. The van der Waals surface area contributed by atoms with Crippen LogP contribution in [0.2, 0.25) is 0 Å². The summed E-state index contributed by atoms with van der Waals surface area (Å²) in [5, 5.41) is 9.11. The zero-order valence-corrected chi connectivity index (χ0v) is 10.8. The molecule has 0 saturated heterocycles. The van der Waals surface area contributed by atoms with Gasteiger partial charge in [0.15, 0.2) is 0 Å². The van der Waals surface area contributed by atoms with Gasteiger partial charge in [0.1, 0.15) is 5.75 Å². The molecule has 1 unspecified atom stereocenters. The molecule has 0 aromatic heterocycles. The molecule has 1 aromatic rings. The molecule has 0 spiro atoms. The quantitative estimate of drug-likeness (QED) is 0.887. The fourth-order valence-electron chi connectivity index (χ4n) is 1.67. The van der Waals surface area contributed by atoms with Gasteiger partial charge in [0, 0.05) is 10.0 Å². The first-order valence-corrected chi connectivity index (χ1v) is 5.52. The molecule has 0 aliphatic carbocycles. The van der Waals surface area contributed by atoms with Gasteiger partial charge in [0.25, 0.3) is 0 Å². The van der Waals surface area contributed by atoms with Gasteiger partial charge in [0.05, 0.1) is 19.8 Å². The highest BCUT2D eigenvalue weighted by molar-refractivity contribution is 9.10. The molecule has 0 amide bonds. The number of halogens is 1. The van der Waals surface area contributed by atoms with E-state index in [-0.39, 0.29) is 6.61 Å². The van der Waals surface area contributed by atoms with E-state index in [1.54, 1.807) is 7.11 Å². The van der Waals surface area contributed by atoms with E-state index in [0.29, 0.717) is 0 Å². The van der Waals surface area contributed by atoms with Crippen molar-refractivity contribution in [3.05, 3.63) is 27.2 Å². The van der Waals surface area contributed by atoms with Crippen LogP contribution in [0.5, 0.6) is 5.75 Å². The van der Waals surface area contributed by atoms with Crippen LogP contribution in [-0.4, -0.2) is 18.8 Å². The molecular weight excluding hydrogens is 258 g/mol. The van der Waals surface area contributed by atoms with Gasteiger partial charge in [-0.25, -0.2) is 0 Å². The van der Waals surface area contributed by atoms with Crippen LogP contribution in [0.1, 0.15) is 22.7 Å². The Morgan fingerprint density at radius 3 is 2.53 bits per heavy atom. The molecule has 1 atom stereocenters. The molecule has 0 heterocycles. The Hall–Kier alpha value is -0.580. The Labute approximate surface area is 98.4 Å². The summed E-state index contributed by atoms with van der Waals surface area (Å²) in [7, 11) is 1.61. The number of aliphatic hydroxyl groups is 1. The predicted molar refractivity (Wildman–Crippen MR) is 64.2 cm³/mol. The second-order valence-corrected chi connectivity index (χ2v) is 4.35. The molecule has 0 radical (unpaired) electrons. The van der Waals surface area contributed by atoms with Crippen LogP contribution in [0.4, 0.5) is 0 Å². The Kier molecular flexibility index (Phi) is 4.13. The van der Waals surface area contributed by atoms with E-state index in [2.05, 4.69) is 15.9 Å². The highest BCUT2D eigenvalue weighted by atomic mass is 79.9. The minimum atomic E-state index is -0.423. The fraction of sp³-hybridized carbons (Fsp3) is 0.455. The molecule has 84 valence electrons. The van der Waals surface area contributed by atoms with Crippen molar-refractivity contribution in [2.75, 3.05) is 13.7 Å². The Balaban J connectivity index is 3.43. The normalized spacial score (nSPS) is 12.7. The van der Waals surface area contributed by atoms with E-state index < -0.39 is 6.04 Å². The minimum absolute atomic E-state index is 0.0994. The zero-order valence-electron chi connectivity index (χ0n) is 9.17. The number of nitrogens with two attached hydrogens (primary N) is 1. The first kappa shape index (κ1) is 12.5. The number of aliphatic hydroxyl groups excluding tert-OH is 1. The molecule has 0 fully saturated rings. The molecule has 0 aliphatic rings. The lowest BCUT2D eigenvalue weighted by Gasteiger charge is -2.19. The zero-order chi connectivity index (χ0) is 11.6. The van der Waals surface area contributed by atoms with Crippen molar-refractivity contribution in [3.8, 4) is 5.75 Å². The van der Waals surface area contributed by atoms with Gasteiger partial charge in [0.2, 0.25) is 0 Å². The number of ether oxygens (including phenoxy) is 1. The summed E-state index contributed by atoms with van der Waals surface area (Å²) in [5.41, 5.74) is 8.80. The number of rotatable bonds is 3. The highest BCUT2D eigenvalue weighted by Gasteiger charge is 2.18. The summed E-state index contributed by atoms with van der Waals surface area (Å²) >= 11 is 3.48. The number of hydrogen-bond donors (Lipinski definition) is 2. The lowest BCUT2D eigenvalue weighted by Crippen LogP contribution is -2.17. The Morgan fingerprint density at radius 1 is 1.47 bits per heavy atom. The second-order valence-electron chi connectivity index (χ2n) is 3.56. The van der Waals surface area contributed by atoms with Crippen LogP contribution in [-0.2, 0) is 0 Å². The summed E-state index contributed by atoms with van der Waals surface area (Å²) < 4.78 is 6.22. The van der Waals surface area contributed by atoms with Gasteiger partial charge in [-0.15, -0.1) is 0 Å². The molecule has 15 heavy (non-hydrogen) atoms. The smallest absolute Gasteiger partial charge is 0.127 e. The van der Waals surface area contributed by atoms with Crippen molar-refractivity contribution in [3.63, 3.8) is 0 Å². The summed E-state index contributed by atoms with van der Waals surface area (Å²) in [5.74, 6) is 0.744. The van der Waals surface area contributed by atoms with E-state index in [9.17, 15) is 0 Å². The van der Waals surface area contributed by atoms with Crippen molar-refractivity contribution in [2.45, 2.75) is 19.9 Å². The first-order chi connectivity index (χ1) is 7.02. The SMILES string of the molecule is COc1c(C)cc(C)c(Br)c1C(N)CO. The number of hydrogen-bond acceptors (Lipinski definition) is 3. The van der Waals surface area contributed by atoms with Crippen LogP contribution >= 0.6 is 15.9 Å². The van der Waals surface area contributed by atoms with Crippen LogP contribution in [0.15, 0.2) is 10.5 Å². The Bertz CT molecular complexity index is 366. The maximum Gasteiger partial charge on any atom is 0.127 e. The average molecular weight is 274 g/mol. The lowest BCUT2D eigenvalue weighted by molar-refractivity contribution is 0.264. The van der Waals surface area contributed by atoms with Gasteiger partial charge in [-0.2, -0.15) is 0 Å². The van der Waals surface area contributed by atoms with E-state index in [4.69, 9.17) is 15.6 Å². The molecule has 1 rings (SSSR count). The van der Waals surface area contributed by atoms with Gasteiger partial charge in [-0.3, -0.25) is 0 Å². The monoisotopic (exact) mass is 273 g/mol.